The summed E-state index contributed by atoms with van der Waals surface area (Å²) >= 11 is 0. The van der Waals surface area contributed by atoms with Gasteiger partial charge in [0.1, 0.15) is 0 Å². The van der Waals surface area contributed by atoms with E-state index in [1.165, 1.54) is 0 Å². The van der Waals surface area contributed by atoms with Crippen LogP contribution in [0.15, 0.2) is 24.3 Å². The Morgan fingerprint density at radius 3 is 2.74 bits per heavy atom. The quantitative estimate of drug-likeness (QED) is 0.846. The first-order valence-electron chi connectivity index (χ1n) is 6.20. The fourth-order valence-corrected chi connectivity index (χ4v) is 2.18. The minimum atomic E-state index is -1.26. The first kappa shape index (κ1) is 13.5. The number of hydrogen-bond acceptors (Lipinski definition) is 3. The summed E-state index contributed by atoms with van der Waals surface area (Å²) in [5.74, 6) is -1.33. The van der Waals surface area contributed by atoms with Crippen molar-refractivity contribution in [2.75, 3.05) is 13.2 Å². The summed E-state index contributed by atoms with van der Waals surface area (Å²) in [6.45, 7) is 2.31. The molecule has 1 aliphatic heterocycles. The van der Waals surface area contributed by atoms with Crippen molar-refractivity contribution in [3.05, 3.63) is 35.4 Å². The normalized spacial score (nSPS) is 22.2. The van der Waals surface area contributed by atoms with E-state index in [1.54, 1.807) is 0 Å². The van der Waals surface area contributed by atoms with Crippen LogP contribution in [-0.4, -0.2) is 35.7 Å². The van der Waals surface area contributed by atoms with Gasteiger partial charge in [0.05, 0.1) is 13.0 Å². The zero-order chi connectivity index (χ0) is 13.9. The molecule has 2 rings (SSSR count). The molecule has 1 aliphatic rings. The third-order valence-electron chi connectivity index (χ3n) is 3.42. The van der Waals surface area contributed by atoms with Gasteiger partial charge in [0.2, 0.25) is 5.91 Å². The molecule has 1 heterocycles. The number of hydrogen-bond donors (Lipinski definition) is 2. The lowest BCUT2D eigenvalue weighted by atomic mass is 9.98. The van der Waals surface area contributed by atoms with Gasteiger partial charge in [-0.05, 0) is 18.1 Å². The van der Waals surface area contributed by atoms with Gasteiger partial charge in [0, 0.05) is 13.0 Å². The lowest BCUT2D eigenvalue weighted by molar-refractivity contribution is -0.147. The van der Waals surface area contributed by atoms with E-state index >= 15 is 0 Å². The third kappa shape index (κ3) is 2.93. The van der Waals surface area contributed by atoms with E-state index in [1.807, 2.05) is 31.2 Å². The lowest BCUT2D eigenvalue weighted by Crippen LogP contribution is -2.55. The highest BCUT2D eigenvalue weighted by Gasteiger charge is 2.43. The zero-order valence-electron chi connectivity index (χ0n) is 10.8. The Morgan fingerprint density at radius 1 is 1.42 bits per heavy atom. The van der Waals surface area contributed by atoms with E-state index in [4.69, 9.17) is 4.74 Å². The summed E-state index contributed by atoms with van der Waals surface area (Å²) in [7, 11) is 0. The molecule has 0 bridgehead atoms. The van der Waals surface area contributed by atoms with Crippen molar-refractivity contribution in [3.63, 3.8) is 0 Å². The van der Waals surface area contributed by atoms with Gasteiger partial charge in [-0.1, -0.05) is 24.3 Å². The molecule has 1 atom stereocenters. The summed E-state index contributed by atoms with van der Waals surface area (Å²) in [6, 6.07) is 7.56. The van der Waals surface area contributed by atoms with Crippen molar-refractivity contribution in [2.45, 2.75) is 25.3 Å². The fraction of sp³-hybridized carbons (Fsp3) is 0.429. The Bertz CT molecular complexity index is 492. The Labute approximate surface area is 111 Å². The maximum Gasteiger partial charge on any atom is 0.331 e. The minimum absolute atomic E-state index is 0.0296. The van der Waals surface area contributed by atoms with E-state index in [9.17, 15) is 14.7 Å². The van der Waals surface area contributed by atoms with Gasteiger partial charge in [-0.3, -0.25) is 4.79 Å². The van der Waals surface area contributed by atoms with Crippen LogP contribution in [0.4, 0.5) is 0 Å². The van der Waals surface area contributed by atoms with Crippen LogP contribution < -0.4 is 5.32 Å². The molecule has 5 heteroatoms. The number of carbonyl (C=O) groups excluding carboxylic acids is 1. The van der Waals surface area contributed by atoms with Crippen LogP contribution in [0, 0.1) is 6.92 Å². The highest BCUT2D eigenvalue weighted by molar-refractivity contribution is 5.88. The van der Waals surface area contributed by atoms with Gasteiger partial charge in [-0.25, -0.2) is 4.79 Å². The molecule has 2 N–H and O–H groups in total. The standard InChI is InChI=1S/C14H17NO4/c1-10-4-2-3-5-11(10)8-12(16)15-14(13(17)18)6-7-19-9-14/h2-5H,6-9H2,1H3,(H,15,16)(H,17,18). The third-order valence-corrected chi connectivity index (χ3v) is 3.42. The van der Waals surface area contributed by atoms with Crippen molar-refractivity contribution in [2.24, 2.45) is 0 Å². The number of amides is 1. The van der Waals surface area contributed by atoms with Crippen LogP contribution in [0.2, 0.25) is 0 Å². The fourth-order valence-electron chi connectivity index (χ4n) is 2.18. The van der Waals surface area contributed by atoms with Crippen LogP contribution in [-0.2, 0) is 20.7 Å². The number of carbonyl (C=O) groups is 2. The SMILES string of the molecule is Cc1ccccc1CC(=O)NC1(C(=O)O)CCOC1. The number of carboxylic acid groups (broad SMARTS) is 1. The molecular weight excluding hydrogens is 246 g/mol. The van der Waals surface area contributed by atoms with Crippen molar-refractivity contribution < 1.29 is 19.4 Å². The molecule has 1 aromatic carbocycles. The molecule has 5 nitrogen and oxygen atoms in total. The Kier molecular flexibility index (Phi) is 3.85. The monoisotopic (exact) mass is 263 g/mol. The molecule has 0 aromatic heterocycles. The first-order chi connectivity index (χ1) is 9.03. The van der Waals surface area contributed by atoms with E-state index < -0.39 is 11.5 Å². The molecule has 0 radical (unpaired) electrons. The molecule has 0 spiro atoms. The minimum Gasteiger partial charge on any atom is -0.479 e. The lowest BCUT2D eigenvalue weighted by Gasteiger charge is -2.23. The second-order valence-electron chi connectivity index (χ2n) is 4.84. The molecule has 1 unspecified atom stereocenters. The number of ether oxygens (including phenoxy) is 1. The second kappa shape index (κ2) is 5.40. The molecule has 0 saturated carbocycles. The van der Waals surface area contributed by atoms with Crippen LogP contribution >= 0.6 is 0 Å². The predicted molar refractivity (Wildman–Crippen MR) is 68.8 cm³/mol. The summed E-state index contributed by atoms with van der Waals surface area (Å²) in [5.41, 5.74) is 0.656. The van der Waals surface area contributed by atoms with Crippen molar-refractivity contribution in [3.8, 4) is 0 Å². The van der Waals surface area contributed by atoms with E-state index in [2.05, 4.69) is 5.32 Å². The number of nitrogens with one attached hydrogen (secondary N) is 1. The highest BCUT2D eigenvalue weighted by atomic mass is 16.5. The molecular formula is C14H17NO4. The second-order valence-corrected chi connectivity index (χ2v) is 4.84. The average molecular weight is 263 g/mol. The largest absolute Gasteiger partial charge is 0.479 e. The molecule has 1 saturated heterocycles. The van der Waals surface area contributed by atoms with Gasteiger partial charge in [0.25, 0.3) is 0 Å². The summed E-state index contributed by atoms with van der Waals surface area (Å²) in [5, 5.41) is 11.8. The molecule has 0 aliphatic carbocycles. The average Bonchev–Trinajstić information content (AvgIpc) is 2.82. The maximum atomic E-state index is 12.0. The number of benzene rings is 1. The van der Waals surface area contributed by atoms with Gasteiger partial charge in [-0.15, -0.1) is 0 Å². The molecule has 19 heavy (non-hydrogen) atoms. The van der Waals surface area contributed by atoms with Crippen molar-refractivity contribution in [1.29, 1.82) is 0 Å². The number of aliphatic carboxylic acids is 1. The summed E-state index contributed by atoms with van der Waals surface area (Å²) in [4.78, 5) is 23.3. The van der Waals surface area contributed by atoms with Gasteiger partial charge in [0.15, 0.2) is 5.54 Å². The Balaban J connectivity index is 2.05. The number of rotatable bonds is 4. The van der Waals surface area contributed by atoms with E-state index in [-0.39, 0.29) is 18.9 Å². The zero-order valence-corrected chi connectivity index (χ0v) is 10.8. The molecule has 102 valence electrons. The summed E-state index contributed by atoms with van der Waals surface area (Å²) in [6.07, 6.45) is 0.490. The Morgan fingerprint density at radius 2 is 2.16 bits per heavy atom. The predicted octanol–water partition coefficient (Wildman–Crippen LogP) is 0.897. The van der Waals surface area contributed by atoms with E-state index in [0.717, 1.165) is 11.1 Å². The molecule has 1 amide bonds. The Hall–Kier alpha value is -1.88. The van der Waals surface area contributed by atoms with Crippen LogP contribution in [0.3, 0.4) is 0 Å². The first-order valence-corrected chi connectivity index (χ1v) is 6.20. The van der Waals surface area contributed by atoms with Crippen LogP contribution in [0.1, 0.15) is 17.5 Å². The number of aryl methyl sites for hydroxylation is 1. The van der Waals surface area contributed by atoms with Gasteiger partial charge < -0.3 is 15.2 Å². The number of carboxylic acids is 1. The highest BCUT2D eigenvalue weighted by Crippen LogP contribution is 2.19. The summed E-state index contributed by atoms with van der Waals surface area (Å²) < 4.78 is 5.10. The maximum absolute atomic E-state index is 12.0. The van der Waals surface area contributed by atoms with E-state index in [0.29, 0.717) is 13.0 Å². The van der Waals surface area contributed by atoms with Crippen LogP contribution in [0.5, 0.6) is 0 Å². The van der Waals surface area contributed by atoms with Gasteiger partial charge >= 0.3 is 5.97 Å². The van der Waals surface area contributed by atoms with Gasteiger partial charge in [-0.2, -0.15) is 0 Å². The van der Waals surface area contributed by atoms with Crippen molar-refractivity contribution in [1.82, 2.24) is 5.32 Å². The topological polar surface area (TPSA) is 75.6 Å². The smallest absolute Gasteiger partial charge is 0.331 e. The van der Waals surface area contributed by atoms with Crippen molar-refractivity contribution >= 4 is 11.9 Å². The van der Waals surface area contributed by atoms with Crippen LogP contribution in [0.25, 0.3) is 0 Å². The molecule has 1 fully saturated rings. The molecule has 1 aromatic rings.